The van der Waals surface area contributed by atoms with Gasteiger partial charge in [0.1, 0.15) is 22.7 Å². The highest BCUT2D eigenvalue weighted by molar-refractivity contribution is 6.90. The summed E-state index contributed by atoms with van der Waals surface area (Å²) in [5.41, 5.74) is 4.02. The SMILES string of the molecule is COc1ccc(OC)c(-n2nnc3cc(C)cc([Si](C)(C)C)c32)c1. The van der Waals surface area contributed by atoms with Crippen molar-refractivity contribution in [3.8, 4) is 17.2 Å². The largest absolute Gasteiger partial charge is 0.497 e. The molecule has 126 valence electrons. The van der Waals surface area contributed by atoms with E-state index in [-0.39, 0.29) is 0 Å². The van der Waals surface area contributed by atoms with Gasteiger partial charge in [0.15, 0.2) is 0 Å². The first kappa shape index (κ1) is 16.5. The summed E-state index contributed by atoms with van der Waals surface area (Å²) < 4.78 is 12.8. The van der Waals surface area contributed by atoms with Crippen LogP contribution >= 0.6 is 0 Å². The first-order valence-electron chi connectivity index (χ1n) is 7.94. The van der Waals surface area contributed by atoms with Gasteiger partial charge in [0.05, 0.1) is 27.8 Å². The van der Waals surface area contributed by atoms with Gasteiger partial charge in [-0.25, -0.2) is 4.68 Å². The Balaban J connectivity index is 2.36. The second-order valence-corrected chi connectivity index (χ2v) is 12.0. The second-order valence-electron chi connectivity index (χ2n) is 6.97. The van der Waals surface area contributed by atoms with Crippen molar-refractivity contribution >= 4 is 24.3 Å². The third-order valence-electron chi connectivity index (χ3n) is 4.11. The van der Waals surface area contributed by atoms with Crippen LogP contribution in [-0.4, -0.2) is 37.3 Å². The first-order valence-corrected chi connectivity index (χ1v) is 11.4. The van der Waals surface area contributed by atoms with Gasteiger partial charge in [0.25, 0.3) is 0 Å². The maximum absolute atomic E-state index is 5.53. The molecule has 0 aliphatic rings. The van der Waals surface area contributed by atoms with Crippen molar-refractivity contribution in [3.05, 3.63) is 35.9 Å². The molecule has 2 aromatic carbocycles. The number of aromatic nitrogens is 3. The molecule has 1 aromatic heterocycles. The minimum absolute atomic E-state index is 0.740. The van der Waals surface area contributed by atoms with E-state index in [9.17, 15) is 0 Å². The van der Waals surface area contributed by atoms with Crippen molar-refractivity contribution in [2.45, 2.75) is 26.6 Å². The lowest BCUT2D eigenvalue weighted by Gasteiger charge is -2.20. The molecule has 5 nitrogen and oxygen atoms in total. The molecule has 1 heterocycles. The predicted molar refractivity (Wildman–Crippen MR) is 99.7 cm³/mol. The molecule has 0 saturated heterocycles. The van der Waals surface area contributed by atoms with Crippen LogP contribution in [0.4, 0.5) is 0 Å². The fourth-order valence-electron chi connectivity index (χ4n) is 2.90. The van der Waals surface area contributed by atoms with E-state index in [0.29, 0.717) is 0 Å². The van der Waals surface area contributed by atoms with Crippen molar-refractivity contribution in [3.63, 3.8) is 0 Å². The zero-order chi connectivity index (χ0) is 17.5. The van der Waals surface area contributed by atoms with Crippen molar-refractivity contribution in [2.75, 3.05) is 14.2 Å². The van der Waals surface area contributed by atoms with E-state index in [1.54, 1.807) is 14.2 Å². The Morgan fingerprint density at radius 3 is 2.38 bits per heavy atom. The summed E-state index contributed by atoms with van der Waals surface area (Å²) in [6.45, 7) is 9.11. The Labute approximate surface area is 143 Å². The molecule has 0 unspecified atom stereocenters. The summed E-state index contributed by atoms with van der Waals surface area (Å²) >= 11 is 0. The summed E-state index contributed by atoms with van der Waals surface area (Å²) in [7, 11) is 1.74. The lowest BCUT2D eigenvalue weighted by molar-refractivity contribution is 0.400. The van der Waals surface area contributed by atoms with Crippen molar-refractivity contribution in [2.24, 2.45) is 0 Å². The second kappa shape index (κ2) is 5.94. The number of rotatable bonds is 4. The van der Waals surface area contributed by atoms with Crippen LogP contribution < -0.4 is 14.7 Å². The van der Waals surface area contributed by atoms with Gasteiger partial charge in [-0.15, -0.1) is 5.10 Å². The van der Waals surface area contributed by atoms with Crippen LogP contribution in [0.1, 0.15) is 5.56 Å². The van der Waals surface area contributed by atoms with Crippen molar-refractivity contribution in [1.29, 1.82) is 0 Å². The third-order valence-corrected chi connectivity index (χ3v) is 6.11. The number of methoxy groups -OCH3 is 2. The topological polar surface area (TPSA) is 49.2 Å². The standard InChI is InChI=1S/C18H23N3O2Si/c1-12-9-14-18(17(10-12)24(4,5)6)21(20-19-14)15-11-13(22-2)7-8-16(15)23-3/h7-11H,1-6H3. The molecule has 0 radical (unpaired) electrons. The summed E-state index contributed by atoms with van der Waals surface area (Å²) in [6.07, 6.45) is 0. The van der Waals surface area contributed by atoms with Crippen LogP contribution in [0.25, 0.3) is 16.7 Å². The van der Waals surface area contributed by atoms with Gasteiger partial charge >= 0.3 is 0 Å². The van der Waals surface area contributed by atoms with Crippen LogP contribution in [0.3, 0.4) is 0 Å². The van der Waals surface area contributed by atoms with Crippen LogP contribution in [0, 0.1) is 6.92 Å². The van der Waals surface area contributed by atoms with E-state index in [0.717, 1.165) is 28.2 Å². The van der Waals surface area contributed by atoms with E-state index < -0.39 is 8.07 Å². The number of benzene rings is 2. The van der Waals surface area contributed by atoms with Gasteiger partial charge in [-0.1, -0.05) is 30.9 Å². The van der Waals surface area contributed by atoms with Gasteiger partial charge < -0.3 is 9.47 Å². The molecule has 0 aliphatic heterocycles. The van der Waals surface area contributed by atoms with Gasteiger partial charge in [-0.05, 0) is 35.9 Å². The lowest BCUT2D eigenvalue weighted by atomic mass is 10.2. The van der Waals surface area contributed by atoms with Crippen LogP contribution in [0.2, 0.25) is 19.6 Å². The highest BCUT2D eigenvalue weighted by Gasteiger charge is 2.24. The fourth-order valence-corrected chi connectivity index (χ4v) is 4.50. The van der Waals surface area contributed by atoms with E-state index in [2.05, 4.69) is 49.0 Å². The van der Waals surface area contributed by atoms with Crippen LogP contribution in [0.15, 0.2) is 30.3 Å². The molecule has 3 aromatic rings. The molecule has 6 heteroatoms. The zero-order valence-corrected chi connectivity index (χ0v) is 16.0. The van der Waals surface area contributed by atoms with Crippen molar-refractivity contribution in [1.82, 2.24) is 15.0 Å². The van der Waals surface area contributed by atoms with Crippen LogP contribution in [-0.2, 0) is 0 Å². The van der Waals surface area contributed by atoms with E-state index in [1.165, 1.54) is 10.8 Å². The Hall–Kier alpha value is -2.34. The highest BCUT2D eigenvalue weighted by atomic mass is 28.3. The highest BCUT2D eigenvalue weighted by Crippen LogP contribution is 2.29. The van der Waals surface area contributed by atoms with Crippen LogP contribution in [0.5, 0.6) is 11.5 Å². The smallest absolute Gasteiger partial charge is 0.144 e. The minimum Gasteiger partial charge on any atom is -0.497 e. The van der Waals surface area contributed by atoms with E-state index in [4.69, 9.17) is 9.47 Å². The summed E-state index contributed by atoms with van der Waals surface area (Å²) in [6, 6.07) is 10.0. The Morgan fingerprint density at radius 2 is 1.75 bits per heavy atom. The minimum atomic E-state index is -1.58. The maximum Gasteiger partial charge on any atom is 0.144 e. The average Bonchev–Trinajstić information content (AvgIpc) is 2.95. The summed E-state index contributed by atoms with van der Waals surface area (Å²) in [4.78, 5) is 0. The molecule has 0 amide bonds. The predicted octanol–water partition coefficient (Wildman–Crippen LogP) is 3.29. The molecule has 0 saturated carbocycles. The molecule has 24 heavy (non-hydrogen) atoms. The zero-order valence-electron chi connectivity index (χ0n) is 15.0. The Morgan fingerprint density at radius 1 is 1.00 bits per heavy atom. The van der Waals surface area contributed by atoms with E-state index >= 15 is 0 Å². The molecular weight excluding hydrogens is 318 g/mol. The van der Waals surface area contributed by atoms with Gasteiger partial charge in [-0.2, -0.15) is 0 Å². The molecule has 0 aliphatic carbocycles. The third kappa shape index (κ3) is 2.77. The van der Waals surface area contributed by atoms with Gasteiger partial charge in [0.2, 0.25) is 0 Å². The number of nitrogens with zero attached hydrogens (tertiary/aromatic N) is 3. The van der Waals surface area contributed by atoms with Crippen molar-refractivity contribution < 1.29 is 9.47 Å². The monoisotopic (exact) mass is 341 g/mol. The number of hydrogen-bond acceptors (Lipinski definition) is 4. The molecular formula is C18H23N3O2Si. The molecule has 0 spiro atoms. The first-order chi connectivity index (χ1) is 11.3. The maximum atomic E-state index is 5.53. The average molecular weight is 341 g/mol. The van der Waals surface area contributed by atoms with Gasteiger partial charge in [0, 0.05) is 6.07 Å². The quantitative estimate of drug-likeness (QED) is 0.683. The number of ether oxygens (including phenoxy) is 2. The lowest BCUT2D eigenvalue weighted by Crippen LogP contribution is -2.39. The van der Waals surface area contributed by atoms with E-state index in [1.807, 2.05) is 22.9 Å². The molecule has 0 bridgehead atoms. The molecule has 3 rings (SSSR count). The Bertz CT molecular complexity index is 897. The number of hydrogen-bond donors (Lipinski definition) is 0. The number of fused-ring (bicyclic) bond motifs is 1. The Kier molecular flexibility index (Phi) is 4.09. The molecule has 0 atom stereocenters. The summed E-state index contributed by atoms with van der Waals surface area (Å²) in [5.74, 6) is 1.50. The fraction of sp³-hybridized carbons (Fsp3) is 0.333. The van der Waals surface area contributed by atoms with Gasteiger partial charge in [-0.3, -0.25) is 0 Å². The molecule has 0 fully saturated rings. The normalized spacial score (nSPS) is 11.8. The number of aryl methyl sites for hydroxylation is 1. The molecule has 0 N–H and O–H groups in total. The summed E-state index contributed by atoms with van der Waals surface area (Å²) in [5, 5.41) is 10.2.